The predicted molar refractivity (Wildman–Crippen MR) is 87.6 cm³/mol. The molecule has 1 rings (SSSR count). The van der Waals surface area contributed by atoms with E-state index in [4.69, 9.17) is 5.11 Å². The van der Waals surface area contributed by atoms with Crippen LogP contribution >= 0.6 is 12.6 Å². The Bertz CT molecular complexity index is 472. The van der Waals surface area contributed by atoms with Crippen molar-refractivity contribution in [3.8, 4) is 0 Å². The molecule has 21 heavy (non-hydrogen) atoms. The van der Waals surface area contributed by atoms with Crippen LogP contribution in [0, 0.1) is 0 Å². The van der Waals surface area contributed by atoms with E-state index >= 15 is 0 Å². The number of carbonyl (C=O) groups is 2. The maximum atomic E-state index is 12.0. The highest BCUT2D eigenvalue weighted by molar-refractivity contribution is 7.80. The van der Waals surface area contributed by atoms with Crippen LogP contribution in [0.4, 0.5) is 5.69 Å². The molecule has 0 saturated carbocycles. The van der Waals surface area contributed by atoms with E-state index in [-0.39, 0.29) is 18.1 Å². The van der Waals surface area contributed by atoms with E-state index in [2.05, 4.69) is 36.7 Å². The van der Waals surface area contributed by atoms with E-state index in [0.717, 1.165) is 18.8 Å². The third-order valence-electron chi connectivity index (χ3n) is 3.31. The zero-order valence-electron chi connectivity index (χ0n) is 12.4. The van der Waals surface area contributed by atoms with E-state index in [0.29, 0.717) is 5.56 Å². The van der Waals surface area contributed by atoms with Crippen molar-refractivity contribution < 1.29 is 14.7 Å². The van der Waals surface area contributed by atoms with Crippen LogP contribution in [0.3, 0.4) is 0 Å². The fourth-order valence-corrected chi connectivity index (χ4v) is 2.28. The SMILES string of the molecule is CCN(CC)c1ccc(C(=O)CNC(CS)C(=O)O)cc1. The quantitative estimate of drug-likeness (QED) is 0.478. The number of rotatable bonds is 9. The summed E-state index contributed by atoms with van der Waals surface area (Å²) >= 11 is 3.94. The summed E-state index contributed by atoms with van der Waals surface area (Å²) in [6.07, 6.45) is 0. The monoisotopic (exact) mass is 310 g/mol. The highest BCUT2D eigenvalue weighted by Crippen LogP contribution is 2.15. The van der Waals surface area contributed by atoms with Crippen LogP contribution in [-0.4, -0.2) is 48.3 Å². The van der Waals surface area contributed by atoms with Gasteiger partial charge in [-0.25, -0.2) is 0 Å². The molecule has 5 nitrogen and oxygen atoms in total. The average Bonchev–Trinajstić information content (AvgIpc) is 2.49. The summed E-state index contributed by atoms with van der Waals surface area (Å²) in [6.45, 7) is 5.97. The molecule has 0 radical (unpaired) electrons. The molecule has 0 saturated heterocycles. The number of nitrogens with zero attached hydrogens (tertiary/aromatic N) is 1. The molecule has 0 heterocycles. The number of hydrogen-bond donors (Lipinski definition) is 3. The zero-order valence-corrected chi connectivity index (χ0v) is 13.3. The number of aliphatic carboxylic acids is 1. The number of thiol groups is 1. The van der Waals surface area contributed by atoms with Crippen molar-refractivity contribution in [2.75, 3.05) is 30.3 Å². The highest BCUT2D eigenvalue weighted by atomic mass is 32.1. The lowest BCUT2D eigenvalue weighted by Crippen LogP contribution is -2.41. The van der Waals surface area contributed by atoms with Gasteiger partial charge < -0.3 is 10.0 Å². The van der Waals surface area contributed by atoms with Gasteiger partial charge in [-0.05, 0) is 38.1 Å². The lowest BCUT2D eigenvalue weighted by molar-refractivity contribution is -0.138. The Morgan fingerprint density at radius 1 is 1.24 bits per heavy atom. The fraction of sp³-hybridized carbons (Fsp3) is 0.467. The Labute approximate surface area is 130 Å². The van der Waals surface area contributed by atoms with Crippen molar-refractivity contribution in [2.45, 2.75) is 19.9 Å². The van der Waals surface area contributed by atoms with Crippen LogP contribution in [0.15, 0.2) is 24.3 Å². The van der Waals surface area contributed by atoms with Crippen LogP contribution in [0.25, 0.3) is 0 Å². The number of carboxylic acids is 1. The minimum absolute atomic E-state index is 0.0118. The van der Waals surface area contributed by atoms with Crippen LogP contribution in [-0.2, 0) is 4.79 Å². The number of ketones is 1. The van der Waals surface area contributed by atoms with Crippen molar-refractivity contribution in [3.05, 3.63) is 29.8 Å². The molecule has 0 spiro atoms. The molecule has 0 aliphatic rings. The molecule has 0 bridgehead atoms. The molecule has 6 heteroatoms. The highest BCUT2D eigenvalue weighted by Gasteiger charge is 2.16. The number of carboxylic acid groups (broad SMARTS) is 1. The number of Topliss-reactive ketones (excluding diaryl/α,β-unsaturated/α-hetero) is 1. The van der Waals surface area contributed by atoms with Gasteiger partial charge in [0.25, 0.3) is 0 Å². The Morgan fingerprint density at radius 3 is 2.24 bits per heavy atom. The van der Waals surface area contributed by atoms with Crippen LogP contribution < -0.4 is 10.2 Å². The second-order valence-corrected chi connectivity index (χ2v) is 4.96. The molecule has 0 aromatic heterocycles. The number of hydrogen-bond acceptors (Lipinski definition) is 5. The topological polar surface area (TPSA) is 69.6 Å². The van der Waals surface area contributed by atoms with Gasteiger partial charge in [-0.2, -0.15) is 12.6 Å². The van der Waals surface area contributed by atoms with E-state index in [1.807, 2.05) is 12.1 Å². The molecule has 1 aromatic carbocycles. The average molecular weight is 310 g/mol. The molecule has 0 fully saturated rings. The van der Waals surface area contributed by atoms with Gasteiger partial charge in [0.2, 0.25) is 0 Å². The Balaban J connectivity index is 2.65. The van der Waals surface area contributed by atoms with Gasteiger partial charge in [0, 0.05) is 30.1 Å². The van der Waals surface area contributed by atoms with Gasteiger partial charge in [-0.15, -0.1) is 0 Å². The van der Waals surface area contributed by atoms with Gasteiger partial charge in [0.05, 0.1) is 6.54 Å². The first-order chi connectivity index (χ1) is 10.0. The molecule has 1 atom stereocenters. The summed E-state index contributed by atoms with van der Waals surface area (Å²) in [4.78, 5) is 25.0. The summed E-state index contributed by atoms with van der Waals surface area (Å²) in [6, 6.07) is 6.55. The molecular weight excluding hydrogens is 288 g/mol. The number of anilines is 1. The predicted octanol–water partition coefficient (Wildman–Crippen LogP) is 1.69. The summed E-state index contributed by atoms with van der Waals surface area (Å²) in [5.41, 5.74) is 1.64. The maximum absolute atomic E-state index is 12.0. The molecule has 1 unspecified atom stereocenters. The van der Waals surface area contributed by atoms with E-state index < -0.39 is 12.0 Å². The standard InChI is InChI=1S/C15H22N2O3S/c1-3-17(4-2)12-7-5-11(6-8-12)14(18)9-16-13(10-21)15(19)20/h5-8,13,16,21H,3-4,9-10H2,1-2H3,(H,19,20). The van der Waals surface area contributed by atoms with E-state index in [9.17, 15) is 9.59 Å². The Morgan fingerprint density at radius 2 is 1.81 bits per heavy atom. The minimum atomic E-state index is -1.00. The van der Waals surface area contributed by atoms with Gasteiger partial charge in [-0.1, -0.05) is 0 Å². The second kappa shape index (κ2) is 8.69. The first kappa shape index (κ1) is 17.5. The lowest BCUT2D eigenvalue weighted by Gasteiger charge is -2.21. The van der Waals surface area contributed by atoms with Crippen LogP contribution in [0.2, 0.25) is 0 Å². The van der Waals surface area contributed by atoms with E-state index in [1.165, 1.54) is 0 Å². The second-order valence-electron chi connectivity index (χ2n) is 4.60. The first-order valence-corrected chi connectivity index (χ1v) is 7.61. The van der Waals surface area contributed by atoms with Gasteiger partial charge in [-0.3, -0.25) is 14.9 Å². The molecular formula is C15H22N2O3S. The van der Waals surface area contributed by atoms with Gasteiger partial charge in [0.1, 0.15) is 6.04 Å². The smallest absolute Gasteiger partial charge is 0.321 e. The third kappa shape index (κ3) is 5.06. The van der Waals surface area contributed by atoms with Crippen molar-refractivity contribution in [2.24, 2.45) is 0 Å². The van der Waals surface area contributed by atoms with Crippen LogP contribution in [0.5, 0.6) is 0 Å². The van der Waals surface area contributed by atoms with Crippen molar-refractivity contribution >= 4 is 30.1 Å². The maximum Gasteiger partial charge on any atom is 0.321 e. The van der Waals surface area contributed by atoms with Crippen molar-refractivity contribution in [1.29, 1.82) is 0 Å². The molecule has 116 valence electrons. The molecule has 0 aliphatic heterocycles. The number of nitrogens with one attached hydrogen (secondary N) is 1. The summed E-state index contributed by atoms with van der Waals surface area (Å²) in [7, 11) is 0. The molecule has 0 aliphatic carbocycles. The third-order valence-corrected chi connectivity index (χ3v) is 3.67. The van der Waals surface area contributed by atoms with Crippen molar-refractivity contribution in [3.63, 3.8) is 0 Å². The minimum Gasteiger partial charge on any atom is -0.480 e. The van der Waals surface area contributed by atoms with E-state index in [1.54, 1.807) is 12.1 Å². The Hall–Kier alpha value is -1.53. The molecule has 0 amide bonds. The van der Waals surface area contributed by atoms with Crippen molar-refractivity contribution in [1.82, 2.24) is 5.32 Å². The van der Waals surface area contributed by atoms with Gasteiger partial charge >= 0.3 is 5.97 Å². The number of benzene rings is 1. The largest absolute Gasteiger partial charge is 0.480 e. The lowest BCUT2D eigenvalue weighted by atomic mass is 10.1. The van der Waals surface area contributed by atoms with Gasteiger partial charge in [0.15, 0.2) is 5.78 Å². The first-order valence-electron chi connectivity index (χ1n) is 6.98. The summed E-state index contributed by atoms with van der Waals surface area (Å²) < 4.78 is 0. The molecule has 1 aromatic rings. The summed E-state index contributed by atoms with van der Waals surface area (Å²) in [5.74, 6) is -0.993. The molecule has 2 N–H and O–H groups in total. The van der Waals surface area contributed by atoms with Crippen LogP contribution in [0.1, 0.15) is 24.2 Å². The fourth-order valence-electron chi connectivity index (χ4n) is 1.99. The zero-order chi connectivity index (χ0) is 15.8. The number of carbonyl (C=O) groups excluding carboxylic acids is 1. The Kier molecular flexibility index (Phi) is 7.25. The normalized spacial score (nSPS) is 12.0. The summed E-state index contributed by atoms with van der Waals surface area (Å²) in [5, 5.41) is 11.6.